The number of ether oxygens (including phenoxy) is 2. The molecular formula is C30H31ClN4O5S. The van der Waals surface area contributed by atoms with Crippen molar-refractivity contribution in [3.63, 3.8) is 0 Å². The summed E-state index contributed by atoms with van der Waals surface area (Å²) in [7, 11) is -4.11. The number of nitrogens with zero attached hydrogens (tertiary/aromatic N) is 4. The van der Waals surface area contributed by atoms with E-state index in [-0.39, 0.29) is 30.0 Å². The van der Waals surface area contributed by atoms with Crippen molar-refractivity contribution in [2.75, 3.05) is 41.2 Å². The fourth-order valence-corrected chi connectivity index (χ4v) is 6.02. The van der Waals surface area contributed by atoms with Crippen molar-refractivity contribution >= 4 is 45.0 Å². The lowest BCUT2D eigenvalue weighted by molar-refractivity contribution is -0.139. The van der Waals surface area contributed by atoms with Crippen LogP contribution in [-0.4, -0.2) is 57.5 Å². The first-order valence-electron chi connectivity index (χ1n) is 13.2. The molecule has 41 heavy (non-hydrogen) atoms. The third kappa shape index (κ3) is 8.22. The number of sulfonamides is 1. The van der Waals surface area contributed by atoms with E-state index in [1.807, 2.05) is 12.1 Å². The van der Waals surface area contributed by atoms with E-state index in [1.165, 1.54) is 6.07 Å². The van der Waals surface area contributed by atoms with Crippen LogP contribution in [0.25, 0.3) is 6.08 Å². The monoisotopic (exact) mass is 594 g/mol. The summed E-state index contributed by atoms with van der Waals surface area (Å²) < 4.78 is 38.8. The Balaban J connectivity index is 1.49. The van der Waals surface area contributed by atoms with Crippen LogP contribution in [0.1, 0.15) is 30.9 Å². The molecule has 0 unspecified atom stereocenters. The molecule has 1 fully saturated rings. The van der Waals surface area contributed by atoms with Gasteiger partial charge in [0.05, 0.1) is 35.5 Å². The third-order valence-electron chi connectivity index (χ3n) is 6.51. The van der Waals surface area contributed by atoms with Crippen LogP contribution in [0.4, 0.5) is 11.4 Å². The van der Waals surface area contributed by atoms with Crippen LogP contribution in [0, 0.1) is 11.3 Å². The van der Waals surface area contributed by atoms with E-state index in [2.05, 4.69) is 16.0 Å². The Kier molecular flexibility index (Phi) is 10.2. The Morgan fingerprint density at radius 2 is 1.93 bits per heavy atom. The molecule has 0 N–H and O–H groups in total. The van der Waals surface area contributed by atoms with E-state index in [9.17, 15) is 13.2 Å². The molecule has 11 heteroatoms. The number of rotatable bonds is 11. The maximum atomic E-state index is 13.3. The van der Waals surface area contributed by atoms with Crippen molar-refractivity contribution in [2.45, 2.75) is 25.9 Å². The summed E-state index contributed by atoms with van der Waals surface area (Å²) in [5.41, 5.74) is 2.64. The van der Waals surface area contributed by atoms with E-state index < -0.39 is 21.7 Å². The normalized spacial score (nSPS) is 14.0. The Bertz CT molecular complexity index is 1520. The van der Waals surface area contributed by atoms with Gasteiger partial charge in [-0.05, 0) is 55.0 Å². The summed E-state index contributed by atoms with van der Waals surface area (Å²) in [4.78, 5) is 18.4. The van der Waals surface area contributed by atoms with Crippen LogP contribution in [0.15, 0.2) is 73.1 Å². The Labute approximate surface area is 245 Å². The SMILES string of the molecule is CCOC(=O)CS(=O)(=O)N(CC=Cc1cccc(C#N)c1)c1ccc(OC2CCN(c3ccncc3)CC2)c(Cl)c1. The number of benzene rings is 2. The second-order valence-electron chi connectivity index (χ2n) is 9.36. The molecule has 2 aromatic carbocycles. The minimum Gasteiger partial charge on any atom is -0.489 e. The van der Waals surface area contributed by atoms with Crippen LogP contribution in [0.5, 0.6) is 5.75 Å². The van der Waals surface area contributed by atoms with Crippen LogP contribution in [-0.2, 0) is 19.6 Å². The molecule has 1 aliphatic rings. The predicted molar refractivity (Wildman–Crippen MR) is 160 cm³/mol. The van der Waals surface area contributed by atoms with Crippen LogP contribution < -0.4 is 13.9 Å². The average Bonchev–Trinajstić information content (AvgIpc) is 2.97. The standard InChI is InChI=1S/C30H31ClN4O5S/c1-2-39-30(36)22-41(37,38)35(16-4-7-23-5-3-6-24(19-23)21-32)26-8-9-29(28(31)20-26)40-27-12-17-34(18-13-27)25-10-14-33-15-11-25/h3-11,14-15,19-20,27H,2,12-13,16-18,22H2,1H3. The van der Waals surface area contributed by atoms with Crippen LogP contribution in [0.2, 0.25) is 5.02 Å². The molecule has 4 rings (SSSR count). The van der Waals surface area contributed by atoms with E-state index in [0.29, 0.717) is 11.3 Å². The molecule has 1 aromatic heterocycles. The first kappa shape index (κ1) is 29.9. The van der Waals surface area contributed by atoms with Gasteiger partial charge in [-0.2, -0.15) is 5.26 Å². The van der Waals surface area contributed by atoms with Crippen molar-refractivity contribution in [3.05, 3.63) is 89.2 Å². The highest BCUT2D eigenvalue weighted by atomic mass is 35.5. The Morgan fingerprint density at radius 1 is 1.17 bits per heavy atom. The zero-order valence-corrected chi connectivity index (χ0v) is 24.2. The van der Waals surface area contributed by atoms with E-state index >= 15 is 0 Å². The number of anilines is 2. The van der Waals surface area contributed by atoms with Gasteiger partial charge in [-0.3, -0.25) is 14.1 Å². The van der Waals surface area contributed by atoms with Gasteiger partial charge in [0.15, 0.2) is 5.75 Å². The lowest BCUT2D eigenvalue weighted by atomic mass is 10.1. The molecule has 1 aliphatic heterocycles. The van der Waals surface area contributed by atoms with Crippen molar-refractivity contribution in [3.8, 4) is 11.8 Å². The molecule has 1 saturated heterocycles. The molecular weight excluding hydrogens is 564 g/mol. The van der Waals surface area contributed by atoms with Crippen LogP contribution in [0.3, 0.4) is 0 Å². The summed E-state index contributed by atoms with van der Waals surface area (Å²) in [5, 5.41) is 9.40. The smallest absolute Gasteiger partial charge is 0.323 e. The third-order valence-corrected chi connectivity index (χ3v) is 8.43. The fourth-order valence-electron chi connectivity index (χ4n) is 4.51. The number of piperidine rings is 1. The second kappa shape index (κ2) is 14.0. The average molecular weight is 595 g/mol. The predicted octanol–water partition coefficient (Wildman–Crippen LogP) is 5.07. The molecule has 0 atom stereocenters. The molecule has 2 heterocycles. The summed E-state index contributed by atoms with van der Waals surface area (Å²) in [6.45, 7) is 3.27. The van der Waals surface area contributed by atoms with Gasteiger partial charge in [0.25, 0.3) is 0 Å². The molecule has 0 spiro atoms. The van der Waals surface area contributed by atoms with E-state index in [4.69, 9.17) is 26.3 Å². The van der Waals surface area contributed by atoms with Gasteiger partial charge in [-0.1, -0.05) is 35.9 Å². The maximum Gasteiger partial charge on any atom is 0.323 e. The van der Waals surface area contributed by atoms with Gasteiger partial charge >= 0.3 is 5.97 Å². The first-order chi connectivity index (χ1) is 19.8. The molecule has 0 radical (unpaired) electrons. The van der Waals surface area contributed by atoms with Crippen molar-refractivity contribution < 1.29 is 22.7 Å². The minimum atomic E-state index is -4.11. The number of hydrogen-bond donors (Lipinski definition) is 0. The Morgan fingerprint density at radius 3 is 2.61 bits per heavy atom. The first-order valence-corrected chi connectivity index (χ1v) is 15.2. The van der Waals surface area contributed by atoms with Gasteiger partial charge in [0, 0.05) is 44.0 Å². The van der Waals surface area contributed by atoms with Crippen molar-refractivity contribution in [1.82, 2.24) is 4.98 Å². The van der Waals surface area contributed by atoms with Gasteiger partial charge < -0.3 is 14.4 Å². The number of aromatic nitrogens is 1. The number of hydrogen-bond acceptors (Lipinski definition) is 8. The number of nitriles is 1. The Hall–Kier alpha value is -4.07. The summed E-state index contributed by atoms with van der Waals surface area (Å²) in [6, 6.07) is 17.8. The maximum absolute atomic E-state index is 13.3. The highest BCUT2D eigenvalue weighted by molar-refractivity contribution is 7.93. The summed E-state index contributed by atoms with van der Waals surface area (Å²) >= 11 is 6.58. The highest BCUT2D eigenvalue weighted by Crippen LogP contribution is 2.33. The molecule has 0 amide bonds. The molecule has 0 bridgehead atoms. The van der Waals surface area contributed by atoms with Gasteiger partial charge in [-0.25, -0.2) is 8.42 Å². The molecule has 214 valence electrons. The zero-order valence-electron chi connectivity index (χ0n) is 22.6. The summed E-state index contributed by atoms with van der Waals surface area (Å²) in [5.74, 6) is -1.19. The topological polar surface area (TPSA) is 113 Å². The zero-order chi connectivity index (χ0) is 29.2. The lowest BCUT2D eigenvalue weighted by Gasteiger charge is -2.33. The number of carbonyl (C=O) groups is 1. The number of halogens is 1. The second-order valence-corrected chi connectivity index (χ2v) is 11.7. The lowest BCUT2D eigenvalue weighted by Crippen LogP contribution is -2.38. The minimum absolute atomic E-state index is 0.0350. The summed E-state index contributed by atoms with van der Waals surface area (Å²) in [6.07, 6.45) is 8.48. The van der Waals surface area contributed by atoms with Gasteiger partial charge in [0.1, 0.15) is 11.9 Å². The van der Waals surface area contributed by atoms with Gasteiger partial charge in [-0.15, -0.1) is 0 Å². The fraction of sp³-hybridized carbons (Fsp3) is 0.300. The number of carbonyl (C=O) groups excluding carboxylic acids is 1. The number of pyridine rings is 1. The van der Waals surface area contributed by atoms with Crippen molar-refractivity contribution in [2.24, 2.45) is 0 Å². The highest BCUT2D eigenvalue weighted by Gasteiger charge is 2.27. The largest absolute Gasteiger partial charge is 0.489 e. The van der Waals surface area contributed by atoms with Gasteiger partial charge in [0.2, 0.25) is 10.0 Å². The molecule has 9 nitrogen and oxygen atoms in total. The van der Waals surface area contributed by atoms with E-state index in [1.54, 1.807) is 67.9 Å². The number of esters is 1. The quantitative estimate of drug-likeness (QED) is 0.283. The molecule has 0 aliphatic carbocycles. The molecule has 3 aromatic rings. The molecule has 0 saturated carbocycles. The van der Waals surface area contributed by atoms with Crippen LogP contribution >= 0.6 is 11.6 Å². The van der Waals surface area contributed by atoms with Crippen molar-refractivity contribution in [1.29, 1.82) is 5.26 Å². The van der Waals surface area contributed by atoms with E-state index in [0.717, 1.165) is 41.5 Å².